The Kier molecular flexibility index (Phi) is 2.17. The highest BCUT2D eigenvalue weighted by molar-refractivity contribution is 6.33. The molecule has 1 nitrogen and oxygen atoms in total. The van der Waals surface area contributed by atoms with Crippen LogP contribution in [-0.2, 0) is 0 Å². The van der Waals surface area contributed by atoms with Gasteiger partial charge in [-0.3, -0.25) is 0 Å². The third kappa shape index (κ3) is 1.41. The molecule has 3 heteroatoms. The van der Waals surface area contributed by atoms with Gasteiger partial charge >= 0.3 is 0 Å². The second-order valence-corrected chi connectivity index (χ2v) is 2.92. The number of aryl methyl sites for hydroxylation is 2. The first-order valence-corrected chi connectivity index (χ1v) is 3.66. The summed E-state index contributed by atoms with van der Waals surface area (Å²) in [5, 5.41) is 0.964. The zero-order valence-corrected chi connectivity index (χ0v) is 7.29. The molecule has 54 valence electrons. The van der Waals surface area contributed by atoms with Crippen LogP contribution in [0.25, 0.3) is 0 Å². The van der Waals surface area contributed by atoms with E-state index in [9.17, 15) is 0 Å². The molecule has 0 atom stereocenters. The SMILES string of the molecule is Cc1cc(C)c(Cl)nc1Cl. The second-order valence-electron chi connectivity index (χ2n) is 2.20. The van der Waals surface area contributed by atoms with Gasteiger partial charge in [-0.15, -0.1) is 0 Å². The fraction of sp³-hybridized carbons (Fsp3) is 0.286. The molecule has 1 heterocycles. The van der Waals surface area contributed by atoms with Crippen molar-refractivity contribution in [3.63, 3.8) is 0 Å². The van der Waals surface area contributed by atoms with Crippen molar-refractivity contribution in [3.05, 3.63) is 27.5 Å². The van der Waals surface area contributed by atoms with Crippen molar-refractivity contribution >= 4 is 23.2 Å². The van der Waals surface area contributed by atoms with E-state index >= 15 is 0 Å². The van der Waals surface area contributed by atoms with Crippen LogP contribution in [-0.4, -0.2) is 4.98 Å². The van der Waals surface area contributed by atoms with Gasteiger partial charge in [0.05, 0.1) is 0 Å². The number of pyridine rings is 1. The van der Waals surface area contributed by atoms with Crippen LogP contribution in [0, 0.1) is 13.8 Å². The Morgan fingerprint density at radius 1 is 1.10 bits per heavy atom. The highest BCUT2D eigenvalue weighted by atomic mass is 35.5. The maximum Gasteiger partial charge on any atom is 0.133 e. The van der Waals surface area contributed by atoms with Crippen LogP contribution in [0.5, 0.6) is 0 Å². The lowest BCUT2D eigenvalue weighted by molar-refractivity contribution is 1.22. The number of nitrogens with zero attached hydrogens (tertiary/aromatic N) is 1. The number of halogens is 2. The Balaban J connectivity index is 3.28. The van der Waals surface area contributed by atoms with Gasteiger partial charge in [-0.05, 0) is 25.0 Å². The molecule has 0 aromatic carbocycles. The summed E-state index contributed by atoms with van der Waals surface area (Å²) in [6, 6.07) is 1.91. The first-order valence-electron chi connectivity index (χ1n) is 2.90. The minimum absolute atomic E-state index is 0.482. The Morgan fingerprint density at radius 2 is 1.50 bits per heavy atom. The average molecular weight is 176 g/mol. The lowest BCUT2D eigenvalue weighted by atomic mass is 10.2. The fourth-order valence-electron chi connectivity index (χ4n) is 0.706. The quantitative estimate of drug-likeness (QED) is 0.553. The van der Waals surface area contributed by atoms with Crippen LogP contribution in [0.4, 0.5) is 0 Å². The molecular formula is C7H7Cl2N. The number of rotatable bonds is 0. The number of aromatic nitrogens is 1. The second kappa shape index (κ2) is 2.77. The van der Waals surface area contributed by atoms with Gasteiger partial charge in [0.2, 0.25) is 0 Å². The molecule has 1 aromatic heterocycles. The zero-order valence-electron chi connectivity index (χ0n) is 5.78. The monoisotopic (exact) mass is 175 g/mol. The summed E-state index contributed by atoms with van der Waals surface area (Å²) < 4.78 is 0. The van der Waals surface area contributed by atoms with Crippen molar-refractivity contribution in [2.24, 2.45) is 0 Å². The van der Waals surface area contributed by atoms with E-state index in [-0.39, 0.29) is 0 Å². The molecule has 0 N–H and O–H groups in total. The summed E-state index contributed by atoms with van der Waals surface area (Å²) >= 11 is 11.4. The average Bonchev–Trinajstić information content (AvgIpc) is 1.84. The standard InChI is InChI=1S/C7H7Cl2N/c1-4-3-5(2)7(9)10-6(4)8/h3H,1-2H3. The van der Waals surface area contributed by atoms with Gasteiger partial charge < -0.3 is 0 Å². The first kappa shape index (κ1) is 7.83. The van der Waals surface area contributed by atoms with E-state index < -0.39 is 0 Å². The van der Waals surface area contributed by atoms with Gasteiger partial charge in [0.1, 0.15) is 10.3 Å². The van der Waals surface area contributed by atoms with Crippen LogP contribution < -0.4 is 0 Å². The molecule has 0 aliphatic rings. The lowest BCUT2D eigenvalue weighted by Gasteiger charge is -1.99. The summed E-state index contributed by atoms with van der Waals surface area (Å²) in [6.07, 6.45) is 0. The van der Waals surface area contributed by atoms with E-state index in [1.807, 2.05) is 19.9 Å². The zero-order chi connectivity index (χ0) is 7.72. The molecule has 0 bridgehead atoms. The van der Waals surface area contributed by atoms with Gasteiger partial charge in [-0.1, -0.05) is 29.3 Å². The minimum atomic E-state index is 0.482. The van der Waals surface area contributed by atoms with Crippen molar-refractivity contribution in [2.75, 3.05) is 0 Å². The molecule has 0 aliphatic carbocycles. The smallest absolute Gasteiger partial charge is 0.133 e. The molecule has 1 aromatic rings. The predicted molar refractivity (Wildman–Crippen MR) is 43.7 cm³/mol. The molecule has 0 unspecified atom stereocenters. The Morgan fingerprint density at radius 3 is 1.80 bits per heavy atom. The van der Waals surface area contributed by atoms with Crippen molar-refractivity contribution in [1.29, 1.82) is 0 Å². The van der Waals surface area contributed by atoms with E-state index in [0.717, 1.165) is 11.1 Å². The third-order valence-corrected chi connectivity index (χ3v) is 2.05. The molecule has 0 fully saturated rings. The maximum absolute atomic E-state index is 5.69. The van der Waals surface area contributed by atoms with E-state index in [0.29, 0.717) is 10.3 Å². The molecule has 0 radical (unpaired) electrons. The molecule has 0 spiro atoms. The summed E-state index contributed by atoms with van der Waals surface area (Å²) in [6.45, 7) is 3.80. The van der Waals surface area contributed by atoms with Gasteiger partial charge in [-0.25, -0.2) is 4.98 Å². The topological polar surface area (TPSA) is 12.9 Å². The van der Waals surface area contributed by atoms with E-state index in [2.05, 4.69) is 4.98 Å². The fourth-order valence-corrected chi connectivity index (χ4v) is 1.03. The number of hydrogen-bond acceptors (Lipinski definition) is 1. The van der Waals surface area contributed by atoms with Gasteiger partial charge in [0, 0.05) is 0 Å². The summed E-state index contributed by atoms with van der Waals surface area (Å²) in [4.78, 5) is 3.90. The third-order valence-electron chi connectivity index (χ3n) is 1.28. The Labute approximate surface area is 70.0 Å². The molecular weight excluding hydrogens is 169 g/mol. The van der Waals surface area contributed by atoms with Crippen LogP contribution >= 0.6 is 23.2 Å². The van der Waals surface area contributed by atoms with Crippen LogP contribution in [0.15, 0.2) is 6.07 Å². The first-order chi connectivity index (χ1) is 4.61. The number of hydrogen-bond donors (Lipinski definition) is 0. The van der Waals surface area contributed by atoms with Crippen molar-refractivity contribution in [1.82, 2.24) is 4.98 Å². The highest BCUT2D eigenvalue weighted by Crippen LogP contribution is 2.19. The van der Waals surface area contributed by atoms with Crippen LogP contribution in [0.3, 0.4) is 0 Å². The summed E-state index contributed by atoms with van der Waals surface area (Å²) in [5.74, 6) is 0. The maximum atomic E-state index is 5.69. The van der Waals surface area contributed by atoms with Crippen molar-refractivity contribution in [3.8, 4) is 0 Å². The molecule has 1 rings (SSSR count). The predicted octanol–water partition coefficient (Wildman–Crippen LogP) is 3.01. The van der Waals surface area contributed by atoms with Crippen molar-refractivity contribution in [2.45, 2.75) is 13.8 Å². The largest absolute Gasteiger partial charge is 0.224 e. The Bertz CT molecular complexity index is 208. The molecule has 10 heavy (non-hydrogen) atoms. The van der Waals surface area contributed by atoms with Gasteiger partial charge in [-0.2, -0.15) is 0 Å². The lowest BCUT2D eigenvalue weighted by Crippen LogP contribution is -1.85. The Hall–Kier alpha value is -0.270. The van der Waals surface area contributed by atoms with E-state index in [4.69, 9.17) is 23.2 Å². The molecule has 0 saturated carbocycles. The summed E-state index contributed by atoms with van der Waals surface area (Å²) in [5.41, 5.74) is 1.92. The molecule has 0 saturated heterocycles. The van der Waals surface area contributed by atoms with E-state index in [1.165, 1.54) is 0 Å². The van der Waals surface area contributed by atoms with Crippen LogP contribution in [0.1, 0.15) is 11.1 Å². The van der Waals surface area contributed by atoms with Gasteiger partial charge in [0.25, 0.3) is 0 Å². The minimum Gasteiger partial charge on any atom is -0.224 e. The van der Waals surface area contributed by atoms with E-state index in [1.54, 1.807) is 0 Å². The molecule has 0 amide bonds. The van der Waals surface area contributed by atoms with Crippen molar-refractivity contribution < 1.29 is 0 Å². The van der Waals surface area contributed by atoms with Gasteiger partial charge in [0.15, 0.2) is 0 Å². The normalized spacial score (nSPS) is 10.0. The summed E-state index contributed by atoms with van der Waals surface area (Å²) in [7, 11) is 0. The van der Waals surface area contributed by atoms with Crippen LogP contribution in [0.2, 0.25) is 10.3 Å². The molecule has 0 aliphatic heterocycles. The highest BCUT2D eigenvalue weighted by Gasteiger charge is 2.00.